The maximum Gasteiger partial charge on any atom is 0.508 e. The summed E-state index contributed by atoms with van der Waals surface area (Å²) in [7, 11) is 0. The van der Waals surface area contributed by atoms with Gasteiger partial charge in [-0.05, 0) is 11.8 Å². The van der Waals surface area contributed by atoms with E-state index in [1.807, 2.05) is 27.7 Å². The van der Waals surface area contributed by atoms with Crippen LogP contribution in [0.15, 0.2) is 0 Å². The zero-order valence-corrected chi connectivity index (χ0v) is 47.9. The summed E-state index contributed by atoms with van der Waals surface area (Å²) in [6.07, 6.45) is -1.36. The van der Waals surface area contributed by atoms with Gasteiger partial charge >= 0.3 is 12.3 Å². The molecule has 0 aliphatic carbocycles. The van der Waals surface area contributed by atoms with Crippen molar-refractivity contribution in [3.8, 4) is 0 Å². The minimum Gasteiger partial charge on any atom is -0.434 e. The highest BCUT2D eigenvalue weighted by Gasteiger charge is 2.07. The first kappa shape index (κ1) is 75.7. The van der Waals surface area contributed by atoms with E-state index >= 15 is 0 Å². The van der Waals surface area contributed by atoms with E-state index in [0.717, 1.165) is 0 Å². The van der Waals surface area contributed by atoms with Crippen molar-refractivity contribution in [3.05, 3.63) is 0 Å². The molecule has 26 nitrogen and oxygen atoms in total. The Bertz CT molecular complexity index is 1080. The first-order chi connectivity index (χ1) is 38.4. The molecule has 26 heteroatoms. The summed E-state index contributed by atoms with van der Waals surface area (Å²) < 4.78 is 129. The van der Waals surface area contributed by atoms with E-state index in [0.29, 0.717) is 264 Å². The zero-order chi connectivity index (χ0) is 56.4. The fourth-order valence-electron chi connectivity index (χ4n) is 5.20. The summed E-state index contributed by atoms with van der Waals surface area (Å²) in [5.74, 6) is 0.525. The Balaban J connectivity index is 3.11. The first-order valence-corrected chi connectivity index (χ1v) is 27.6. The Morgan fingerprint density at radius 1 is 0.179 bits per heavy atom. The highest BCUT2D eigenvalue weighted by molar-refractivity contribution is 5.60. The number of ether oxygens (including phenoxy) is 24. The molecule has 0 bridgehead atoms. The second kappa shape index (κ2) is 67.2. The molecule has 466 valence electrons. The largest absolute Gasteiger partial charge is 0.508 e. The van der Waals surface area contributed by atoms with Gasteiger partial charge in [-0.1, -0.05) is 27.7 Å². The average Bonchev–Trinajstić information content (AvgIpc) is 3.43. The lowest BCUT2D eigenvalue weighted by Gasteiger charge is -2.09. The van der Waals surface area contributed by atoms with Gasteiger partial charge in [-0.15, -0.1) is 0 Å². The molecule has 0 aromatic carbocycles. The van der Waals surface area contributed by atoms with Gasteiger partial charge in [0, 0.05) is 0 Å². The second-order valence-electron chi connectivity index (χ2n) is 16.9. The van der Waals surface area contributed by atoms with Gasteiger partial charge in [0.25, 0.3) is 0 Å². The van der Waals surface area contributed by atoms with Crippen molar-refractivity contribution in [2.24, 2.45) is 11.8 Å². The lowest BCUT2D eigenvalue weighted by Crippen LogP contribution is -2.16. The van der Waals surface area contributed by atoms with E-state index in [4.69, 9.17) is 114 Å². The third-order valence-electron chi connectivity index (χ3n) is 9.03. The van der Waals surface area contributed by atoms with Crippen molar-refractivity contribution in [1.29, 1.82) is 0 Å². The highest BCUT2D eigenvalue weighted by Crippen LogP contribution is 1.97. The maximum atomic E-state index is 11.3. The van der Waals surface area contributed by atoms with Gasteiger partial charge in [-0.3, -0.25) is 0 Å². The molecule has 0 radical (unpaired) electrons. The van der Waals surface area contributed by atoms with Crippen LogP contribution in [0.25, 0.3) is 0 Å². The van der Waals surface area contributed by atoms with E-state index in [1.165, 1.54) is 0 Å². The molecule has 0 unspecified atom stereocenters. The second-order valence-corrected chi connectivity index (χ2v) is 16.9. The van der Waals surface area contributed by atoms with Crippen LogP contribution in [0.4, 0.5) is 9.59 Å². The molecule has 0 atom stereocenters. The molecule has 0 heterocycles. The third kappa shape index (κ3) is 69.8. The number of carbonyl (C=O) groups excluding carboxylic acids is 2. The first-order valence-electron chi connectivity index (χ1n) is 27.6. The van der Waals surface area contributed by atoms with Crippen LogP contribution in [0.2, 0.25) is 0 Å². The third-order valence-corrected chi connectivity index (χ3v) is 9.03. The smallest absolute Gasteiger partial charge is 0.434 e. The van der Waals surface area contributed by atoms with E-state index in [2.05, 4.69) is 0 Å². The van der Waals surface area contributed by atoms with E-state index in [-0.39, 0.29) is 38.3 Å². The van der Waals surface area contributed by atoms with Crippen LogP contribution < -0.4 is 0 Å². The lowest BCUT2D eigenvalue weighted by atomic mass is 10.2. The number of hydrogen-bond acceptors (Lipinski definition) is 26. The molecule has 0 aliphatic rings. The number of carbonyl (C=O) groups is 2. The molecule has 0 rings (SSSR count). The molecule has 0 N–H and O–H groups in total. The van der Waals surface area contributed by atoms with E-state index < -0.39 is 12.3 Å². The summed E-state index contributed by atoms with van der Waals surface area (Å²) in [6.45, 7) is 27.1. The molecule has 0 fully saturated rings. The fourth-order valence-corrected chi connectivity index (χ4v) is 5.20. The minimum absolute atomic E-state index is 0.140. The molecule has 0 amide bonds. The summed E-state index contributed by atoms with van der Waals surface area (Å²) in [6, 6.07) is 0. The summed E-state index contributed by atoms with van der Waals surface area (Å²) in [5.41, 5.74) is 0. The van der Waals surface area contributed by atoms with Crippen LogP contribution in [0.3, 0.4) is 0 Å². The van der Waals surface area contributed by atoms with Gasteiger partial charge in [-0.25, -0.2) is 9.59 Å². The Hall–Kier alpha value is -2.26. The maximum absolute atomic E-state index is 11.3. The minimum atomic E-state index is -0.680. The standard InChI is InChI=1S/C52H102O26/c1-49(2)47-77-51(53)75-45-43-73-41-39-71-37-35-69-33-31-67-29-27-65-25-23-63-21-19-61-17-15-59-13-11-57-9-7-55-5-6-56-8-10-58-12-14-60-16-18-62-20-22-64-24-26-66-28-30-68-32-34-70-36-38-72-40-42-74-44-46-76-52(54)78-48-50(3)4/h49-50H,5-48H2,1-4H3. The Morgan fingerprint density at radius 2 is 0.282 bits per heavy atom. The molecule has 0 aromatic rings. The van der Waals surface area contributed by atoms with Gasteiger partial charge in [0.15, 0.2) is 0 Å². The fraction of sp³-hybridized carbons (Fsp3) is 0.962. The Morgan fingerprint density at radius 3 is 0.385 bits per heavy atom. The summed E-state index contributed by atoms with van der Waals surface area (Å²) >= 11 is 0. The van der Waals surface area contributed by atoms with Crippen LogP contribution in [0.1, 0.15) is 27.7 Å². The van der Waals surface area contributed by atoms with Crippen LogP contribution in [-0.4, -0.2) is 303 Å². The van der Waals surface area contributed by atoms with Gasteiger partial charge in [-0.2, -0.15) is 0 Å². The normalized spacial score (nSPS) is 11.6. The van der Waals surface area contributed by atoms with Crippen molar-refractivity contribution < 1.29 is 123 Å². The van der Waals surface area contributed by atoms with Crippen molar-refractivity contribution in [2.75, 3.05) is 291 Å². The van der Waals surface area contributed by atoms with Crippen LogP contribution >= 0.6 is 0 Å². The molecule has 0 aliphatic heterocycles. The van der Waals surface area contributed by atoms with Crippen LogP contribution in [0, 0.1) is 11.8 Å². The van der Waals surface area contributed by atoms with Gasteiger partial charge in [0.2, 0.25) is 0 Å². The number of hydrogen-bond donors (Lipinski definition) is 0. The average molecular weight is 1140 g/mol. The summed E-state index contributed by atoms with van der Waals surface area (Å²) in [4.78, 5) is 22.6. The predicted octanol–water partition coefficient (Wildman–Crippen LogP) is 2.94. The molecule has 0 spiro atoms. The van der Waals surface area contributed by atoms with Crippen LogP contribution in [-0.2, 0) is 114 Å². The lowest BCUT2D eigenvalue weighted by molar-refractivity contribution is -0.0317. The SMILES string of the molecule is CC(C)COC(=O)OCCOCCOCCOCCOCCOCCOCCOCCOCCOCCOCCOCCOCCOCCOCCOCCOCCOCCOCCOCCOCCOC(=O)OCC(C)C. The number of rotatable bonds is 67. The van der Waals surface area contributed by atoms with Crippen molar-refractivity contribution in [1.82, 2.24) is 0 Å². The van der Waals surface area contributed by atoms with E-state index in [1.54, 1.807) is 0 Å². The van der Waals surface area contributed by atoms with Crippen molar-refractivity contribution in [2.45, 2.75) is 27.7 Å². The molecule has 0 saturated carbocycles. The summed E-state index contributed by atoms with van der Waals surface area (Å²) in [5, 5.41) is 0. The van der Waals surface area contributed by atoms with Crippen molar-refractivity contribution in [3.63, 3.8) is 0 Å². The van der Waals surface area contributed by atoms with Crippen molar-refractivity contribution >= 4 is 12.3 Å². The Kier molecular flexibility index (Phi) is 65.3. The topological polar surface area (TPSA) is 256 Å². The Labute approximate surface area is 464 Å². The molecular formula is C52H102O26. The van der Waals surface area contributed by atoms with E-state index in [9.17, 15) is 9.59 Å². The quantitative estimate of drug-likeness (QED) is 0.0627. The molecular weight excluding hydrogens is 1040 g/mol. The van der Waals surface area contributed by atoms with Gasteiger partial charge in [0.1, 0.15) is 13.2 Å². The molecule has 0 aromatic heterocycles. The van der Waals surface area contributed by atoms with Crippen LogP contribution in [0.5, 0.6) is 0 Å². The van der Waals surface area contributed by atoms with Gasteiger partial charge < -0.3 is 114 Å². The zero-order valence-electron chi connectivity index (χ0n) is 47.9. The monoisotopic (exact) mass is 1140 g/mol. The predicted molar refractivity (Wildman–Crippen MR) is 281 cm³/mol. The highest BCUT2D eigenvalue weighted by atomic mass is 16.7. The van der Waals surface area contributed by atoms with Gasteiger partial charge in [0.05, 0.1) is 277 Å². The molecule has 0 saturated heterocycles. The molecule has 78 heavy (non-hydrogen) atoms.